The molecule has 1 N–H and O–H groups in total. The van der Waals surface area contributed by atoms with E-state index in [0.29, 0.717) is 5.92 Å². The number of rotatable bonds is 7. The normalized spacial score (nSPS) is 12.3. The molecule has 3 aromatic carbocycles. The Kier molecular flexibility index (Phi) is 7.35. The number of amides is 1. The lowest BCUT2D eigenvalue weighted by molar-refractivity contribution is -0.117. The first-order chi connectivity index (χ1) is 14.8. The highest BCUT2D eigenvalue weighted by molar-refractivity contribution is 5.96. The summed E-state index contributed by atoms with van der Waals surface area (Å²) in [5.74, 6) is 0.371. The highest BCUT2D eigenvalue weighted by atomic mass is 16.1. The quantitative estimate of drug-likeness (QED) is 0.397. The summed E-state index contributed by atoms with van der Waals surface area (Å²) >= 11 is 0. The van der Waals surface area contributed by atoms with Crippen molar-refractivity contribution in [2.24, 2.45) is 16.1 Å². The van der Waals surface area contributed by atoms with Crippen LogP contribution in [0.3, 0.4) is 0 Å². The van der Waals surface area contributed by atoms with Crippen LogP contribution in [0, 0.1) is 19.8 Å². The molecule has 0 unspecified atom stereocenters. The number of hydrogen-bond donors (Lipinski definition) is 1. The fourth-order valence-corrected chi connectivity index (χ4v) is 3.44. The Morgan fingerprint density at radius 3 is 2.23 bits per heavy atom. The number of carbonyl (C=O) groups is 1. The molecule has 0 aliphatic rings. The summed E-state index contributed by atoms with van der Waals surface area (Å²) in [6.45, 7) is 10.3. The van der Waals surface area contributed by atoms with Crippen molar-refractivity contribution in [1.82, 2.24) is 0 Å². The molecule has 0 heterocycles. The second-order valence-corrected chi connectivity index (χ2v) is 8.54. The second kappa shape index (κ2) is 10.2. The van der Waals surface area contributed by atoms with Crippen LogP contribution in [0.4, 0.5) is 17.1 Å². The third-order valence-electron chi connectivity index (χ3n) is 5.37. The van der Waals surface area contributed by atoms with Crippen LogP contribution < -0.4 is 5.32 Å². The van der Waals surface area contributed by atoms with Gasteiger partial charge in [0.2, 0.25) is 5.91 Å². The van der Waals surface area contributed by atoms with Crippen molar-refractivity contribution in [3.8, 4) is 0 Å². The maximum absolute atomic E-state index is 12.8. The van der Waals surface area contributed by atoms with Gasteiger partial charge in [0, 0.05) is 5.69 Å². The van der Waals surface area contributed by atoms with E-state index in [1.165, 1.54) is 5.56 Å². The molecule has 160 valence electrons. The molecule has 0 saturated carbocycles. The summed E-state index contributed by atoms with van der Waals surface area (Å²) in [4.78, 5) is 12.8. The van der Waals surface area contributed by atoms with Gasteiger partial charge >= 0.3 is 0 Å². The van der Waals surface area contributed by atoms with E-state index in [1.807, 2.05) is 63.2 Å². The van der Waals surface area contributed by atoms with Crippen LogP contribution in [0.2, 0.25) is 0 Å². The molecule has 0 aliphatic heterocycles. The third-order valence-corrected chi connectivity index (χ3v) is 5.37. The van der Waals surface area contributed by atoms with E-state index in [1.54, 1.807) is 0 Å². The van der Waals surface area contributed by atoms with Crippen molar-refractivity contribution in [2.45, 2.75) is 47.0 Å². The molecule has 0 saturated heterocycles. The van der Waals surface area contributed by atoms with Crippen LogP contribution in [-0.4, -0.2) is 5.91 Å². The molecule has 3 rings (SSSR count). The van der Waals surface area contributed by atoms with Crippen molar-refractivity contribution in [3.05, 3.63) is 89.0 Å². The number of aryl methyl sites for hydroxylation is 2. The molecule has 0 bridgehead atoms. The molecular weight excluding hydrogens is 382 g/mol. The fraction of sp³-hybridized carbons (Fsp3) is 0.296. The largest absolute Gasteiger partial charge is 0.325 e. The van der Waals surface area contributed by atoms with Gasteiger partial charge in [0.1, 0.15) is 0 Å². The first kappa shape index (κ1) is 22.4. The van der Waals surface area contributed by atoms with Gasteiger partial charge in [-0.3, -0.25) is 4.79 Å². The van der Waals surface area contributed by atoms with Crippen LogP contribution in [0.5, 0.6) is 0 Å². The van der Waals surface area contributed by atoms with E-state index in [-0.39, 0.29) is 11.8 Å². The summed E-state index contributed by atoms with van der Waals surface area (Å²) < 4.78 is 0. The molecule has 0 radical (unpaired) electrons. The van der Waals surface area contributed by atoms with Crippen molar-refractivity contribution >= 4 is 23.0 Å². The fourth-order valence-electron chi connectivity index (χ4n) is 3.44. The summed E-state index contributed by atoms with van der Waals surface area (Å²) in [6.07, 6.45) is 1.05. The van der Waals surface area contributed by atoms with Crippen molar-refractivity contribution in [3.63, 3.8) is 0 Å². The Morgan fingerprint density at radius 2 is 1.58 bits per heavy atom. The second-order valence-electron chi connectivity index (χ2n) is 8.54. The van der Waals surface area contributed by atoms with E-state index < -0.39 is 0 Å². The average molecular weight is 414 g/mol. The number of carbonyl (C=O) groups excluding carboxylic acids is 1. The Labute approximate surface area is 185 Å². The summed E-state index contributed by atoms with van der Waals surface area (Å²) in [5.41, 5.74) is 6.76. The number of nitrogens with zero attached hydrogens (tertiary/aromatic N) is 2. The predicted octanol–water partition coefficient (Wildman–Crippen LogP) is 7.66. The van der Waals surface area contributed by atoms with Gasteiger partial charge in [-0.1, -0.05) is 56.3 Å². The van der Waals surface area contributed by atoms with Gasteiger partial charge in [-0.05, 0) is 79.6 Å². The van der Waals surface area contributed by atoms with E-state index in [4.69, 9.17) is 0 Å². The van der Waals surface area contributed by atoms with Crippen LogP contribution >= 0.6 is 0 Å². The number of azo groups is 1. The summed E-state index contributed by atoms with van der Waals surface area (Å²) in [7, 11) is 0. The monoisotopic (exact) mass is 413 g/mol. The Balaban J connectivity index is 1.66. The Morgan fingerprint density at radius 1 is 0.871 bits per heavy atom. The van der Waals surface area contributed by atoms with Gasteiger partial charge in [0.15, 0.2) is 0 Å². The van der Waals surface area contributed by atoms with Gasteiger partial charge in [-0.2, -0.15) is 10.2 Å². The van der Waals surface area contributed by atoms with Gasteiger partial charge in [0.25, 0.3) is 0 Å². The Bertz CT molecular complexity index is 1070. The lowest BCUT2D eigenvalue weighted by Crippen LogP contribution is -2.19. The highest BCUT2D eigenvalue weighted by Crippen LogP contribution is 2.26. The van der Waals surface area contributed by atoms with Gasteiger partial charge in [-0.25, -0.2) is 0 Å². The average Bonchev–Trinajstić information content (AvgIpc) is 2.74. The lowest BCUT2D eigenvalue weighted by atomic mass is 9.96. The number of anilines is 1. The molecule has 4 heteroatoms. The maximum Gasteiger partial charge on any atom is 0.231 e. The predicted molar refractivity (Wildman–Crippen MR) is 129 cm³/mol. The Hall–Kier alpha value is -3.27. The smallest absolute Gasteiger partial charge is 0.231 e. The van der Waals surface area contributed by atoms with Gasteiger partial charge in [-0.15, -0.1) is 0 Å². The van der Waals surface area contributed by atoms with E-state index in [0.717, 1.165) is 40.2 Å². The molecule has 0 aromatic heterocycles. The number of benzene rings is 3. The molecule has 4 nitrogen and oxygen atoms in total. The van der Waals surface area contributed by atoms with Crippen molar-refractivity contribution in [2.75, 3.05) is 5.32 Å². The molecule has 31 heavy (non-hydrogen) atoms. The first-order valence-corrected chi connectivity index (χ1v) is 10.8. The van der Waals surface area contributed by atoms with Crippen LogP contribution in [0.25, 0.3) is 0 Å². The van der Waals surface area contributed by atoms with Crippen LogP contribution in [0.15, 0.2) is 77.0 Å². The minimum atomic E-state index is -0.229. The van der Waals surface area contributed by atoms with E-state index in [9.17, 15) is 4.79 Å². The molecule has 1 atom stereocenters. The van der Waals surface area contributed by atoms with E-state index >= 15 is 0 Å². The summed E-state index contributed by atoms with van der Waals surface area (Å²) in [5, 5.41) is 11.7. The lowest BCUT2D eigenvalue weighted by Gasteiger charge is -2.15. The molecule has 1 amide bonds. The van der Waals surface area contributed by atoms with E-state index in [2.05, 4.69) is 53.7 Å². The minimum Gasteiger partial charge on any atom is -0.325 e. The molecule has 0 fully saturated rings. The zero-order valence-corrected chi connectivity index (χ0v) is 19.0. The van der Waals surface area contributed by atoms with Crippen molar-refractivity contribution in [1.29, 1.82) is 0 Å². The third kappa shape index (κ3) is 6.11. The SMILES string of the molecule is Cc1ccccc1N=Nc1ccc(NC(=O)[C@H](C)c2ccc(CC(C)C)cc2)c(C)c1. The number of hydrogen-bond acceptors (Lipinski definition) is 3. The van der Waals surface area contributed by atoms with Gasteiger partial charge < -0.3 is 5.32 Å². The number of nitrogens with one attached hydrogen (secondary N) is 1. The highest BCUT2D eigenvalue weighted by Gasteiger charge is 2.16. The van der Waals surface area contributed by atoms with Crippen LogP contribution in [0.1, 0.15) is 48.9 Å². The molecule has 0 aliphatic carbocycles. The van der Waals surface area contributed by atoms with Crippen LogP contribution in [-0.2, 0) is 11.2 Å². The van der Waals surface area contributed by atoms with Gasteiger partial charge in [0.05, 0.1) is 17.3 Å². The first-order valence-electron chi connectivity index (χ1n) is 10.8. The molecular formula is C27H31N3O. The molecule has 3 aromatic rings. The molecule has 0 spiro atoms. The van der Waals surface area contributed by atoms with Crippen molar-refractivity contribution < 1.29 is 4.79 Å². The zero-order valence-electron chi connectivity index (χ0n) is 19.0. The topological polar surface area (TPSA) is 53.8 Å². The minimum absolute atomic E-state index is 0.0194. The zero-order chi connectivity index (χ0) is 22.4. The standard InChI is InChI=1S/C27H31N3O/c1-18(2)16-22-10-12-23(13-11-22)21(5)27(31)28-25-15-14-24(17-20(25)4)29-30-26-9-7-6-8-19(26)3/h6-15,17-18,21H,16H2,1-5H3,(H,28,31)/t21-/m1/s1. The maximum atomic E-state index is 12.8. The summed E-state index contributed by atoms with van der Waals surface area (Å²) in [6, 6.07) is 21.9.